The van der Waals surface area contributed by atoms with Gasteiger partial charge in [0.2, 0.25) is 0 Å². The summed E-state index contributed by atoms with van der Waals surface area (Å²) in [6.45, 7) is 6.06. The molecule has 1 saturated heterocycles. The summed E-state index contributed by atoms with van der Waals surface area (Å²) in [5.41, 5.74) is 0.0155. The van der Waals surface area contributed by atoms with Crippen molar-refractivity contribution < 1.29 is 15.3 Å². The van der Waals surface area contributed by atoms with Gasteiger partial charge in [-0.25, -0.2) is 0 Å². The second kappa shape index (κ2) is 4.26. The van der Waals surface area contributed by atoms with E-state index >= 15 is 0 Å². The van der Waals surface area contributed by atoms with E-state index in [4.69, 9.17) is 0 Å². The van der Waals surface area contributed by atoms with Crippen LogP contribution < -0.4 is 0 Å². The second-order valence-electron chi connectivity index (χ2n) is 6.09. The molecule has 1 saturated carbocycles. The Morgan fingerprint density at radius 1 is 1.12 bits per heavy atom. The number of β-amino-alcohol motifs (C(OH)–C–C–N with tert-alkyl or cyclic N) is 2. The monoisotopic (exact) mass is 229 g/mol. The van der Waals surface area contributed by atoms with E-state index in [1.54, 1.807) is 0 Å². The first-order valence-corrected chi connectivity index (χ1v) is 6.17. The Balaban J connectivity index is 1.88. The van der Waals surface area contributed by atoms with E-state index in [9.17, 15) is 15.3 Å². The lowest BCUT2D eigenvalue weighted by molar-refractivity contribution is 0.0337. The highest BCUT2D eigenvalue weighted by Gasteiger charge is 2.42. The molecule has 2 aliphatic rings. The molecular formula is C12H23NO3. The highest BCUT2D eigenvalue weighted by atomic mass is 16.3. The minimum absolute atomic E-state index is 0.0155. The van der Waals surface area contributed by atoms with E-state index < -0.39 is 12.2 Å². The van der Waals surface area contributed by atoms with E-state index in [1.165, 1.54) is 0 Å². The molecule has 4 atom stereocenters. The van der Waals surface area contributed by atoms with E-state index in [2.05, 4.69) is 18.7 Å². The molecule has 0 radical (unpaired) electrons. The summed E-state index contributed by atoms with van der Waals surface area (Å²) in [5, 5.41) is 29.1. The van der Waals surface area contributed by atoms with Gasteiger partial charge in [-0.2, -0.15) is 0 Å². The van der Waals surface area contributed by atoms with Crippen LogP contribution in [0.4, 0.5) is 0 Å². The summed E-state index contributed by atoms with van der Waals surface area (Å²) >= 11 is 0. The molecule has 0 bridgehead atoms. The summed E-state index contributed by atoms with van der Waals surface area (Å²) < 4.78 is 0. The zero-order valence-electron chi connectivity index (χ0n) is 10.1. The highest BCUT2D eigenvalue weighted by Crippen LogP contribution is 2.41. The molecule has 0 spiro atoms. The molecular weight excluding hydrogens is 206 g/mol. The topological polar surface area (TPSA) is 63.9 Å². The van der Waals surface area contributed by atoms with Crippen LogP contribution in [0.1, 0.15) is 26.7 Å². The molecule has 4 unspecified atom stereocenters. The van der Waals surface area contributed by atoms with Gasteiger partial charge in [-0.1, -0.05) is 13.8 Å². The van der Waals surface area contributed by atoms with E-state index in [0.29, 0.717) is 13.1 Å². The number of nitrogens with zero attached hydrogens (tertiary/aromatic N) is 1. The van der Waals surface area contributed by atoms with Crippen LogP contribution in [-0.4, -0.2) is 58.2 Å². The van der Waals surface area contributed by atoms with Gasteiger partial charge in [-0.3, -0.25) is 4.90 Å². The van der Waals surface area contributed by atoms with Gasteiger partial charge >= 0.3 is 0 Å². The number of hydrogen-bond donors (Lipinski definition) is 3. The van der Waals surface area contributed by atoms with Crippen LogP contribution in [0, 0.1) is 11.3 Å². The van der Waals surface area contributed by atoms with Crippen molar-refractivity contribution in [2.45, 2.75) is 45.0 Å². The molecule has 94 valence electrons. The largest absolute Gasteiger partial charge is 0.392 e. The fraction of sp³-hybridized carbons (Fsp3) is 1.00. The first-order valence-electron chi connectivity index (χ1n) is 6.17. The third-order valence-corrected chi connectivity index (χ3v) is 4.23. The van der Waals surface area contributed by atoms with Gasteiger partial charge in [0.05, 0.1) is 18.3 Å². The molecule has 2 fully saturated rings. The summed E-state index contributed by atoms with van der Waals surface area (Å²) in [4.78, 5) is 2.06. The molecule has 4 heteroatoms. The van der Waals surface area contributed by atoms with Crippen molar-refractivity contribution >= 4 is 0 Å². The normalized spacial score (nSPS) is 44.1. The van der Waals surface area contributed by atoms with Crippen molar-refractivity contribution in [1.82, 2.24) is 4.90 Å². The van der Waals surface area contributed by atoms with Crippen molar-refractivity contribution in [2.24, 2.45) is 11.3 Å². The average Bonchev–Trinajstić information content (AvgIpc) is 2.62. The van der Waals surface area contributed by atoms with Crippen molar-refractivity contribution in [3.63, 3.8) is 0 Å². The maximum Gasteiger partial charge on any atom is 0.0938 e. The fourth-order valence-electron chi connectivity index (χ4n) is 3.02. The van der Waals surface area contributed by atoms with E-state index in [0.717, 1.165) is 19.4 Å². The Morgan fingerprint density at radius 2 is 1.69 bits per heavy atom. The maximum atomic E-state index is 10.2. The van der Waals surface area contributed by atoms with Crippen LogP contribution in [0.15, 0.2) is 0 Å². The summed E-state index contributed by atoms with van der Waals surface area (Å²) in [5.74, 6) is 0.285. The summed E-state index contributed by atoms with van der Waals surface area (Å²) in [6, 6.07) is 0. The molecule has 0 aromatic carbocycles. The zero-order chi connectivity index (χ0) is 11.9. The third-order valence-electron chi connectivity index (χ3n) is 4.23. The Morgan fingerprint density at radius 3 is 2.12 bits per heavy atom. The summed E-state index contributed by atoms with van der Waals surface area (Å²) in [7, 11) is 0. The molecule has 4 nitrogen and oxygen atoms in total. The third kappa shape index (κ3) is 2.25. The number of hydrogen-bond acceptors (Lipinski definition) is 4. The Labute approximate surface area is 96.9 Å². The van der Waals surface area contributed by atoms with Gasteiger partial charge in [0.15, 0.2) is 0 Å². The van der Waals surface area contributed by atoms with Gasteiger partial charge in [0.25, 0.3) is 0 Å². The lowest BCUT2D eigenvalue weighted by Crippen LogP contribution is -2.36. The number of aliphatic hydroxyl groups is 3. The SMILES string of the molecule is CC1(C)CCC(CN2CC(O)C(O)C2)C1O. The minimum atomic E-state index is -0.619. The zero-order valence-corrected chi connectivity index (χ0v) is 10.1. The first kappa shape index (κ1) is 12.3. The quantitative estimate of drug-likeness (QED) is 0.615. The Bertz CT molecular complexity index is 247. The average molecular weight is 229 g/mol. The van der Waals surface area contributed by atoms with Crippen molar-refractivity contribution in [1.29, 1.82) is 0 Å². The molecule has 0 aromatic heterocycles. The fourth-order valence-corrected chi connectivity index (χ4v) is 3.02. The molecule has 2 rings (SSSR count). The molecule has 0 aromatic rings. The second-order valence-corrected chi connectivity index (χ2v) is 6.09. The van der Waals surface area contributed by atoms with Crippen LogP contribution >= 0.6 is 0 Å². The predicted octanol–water partition coefficient (Wildman–Crippen LogP) is -0.179. The smallest absolute Gasteiger partial charge is 0.0938 e. The first-order chi connectivity index (χ1) is 7.40. The van der Waals surface area contributed by atoms with Crippen LogP contribution in [0.5, 0.6) is 0 Å². The van der Waals surface area contributed by atoms with Gasteiger partial charge in [0.1, 0.15) is 0 Å². The number of likely N-dealkylation sites (tertiary alicyclic amines) is 1. The molecule has 1 heterocycles. The molecule has 1 aliphatic heterocycles. The van der Waals surface area contributed by atoms with E-state index in [-0.39, 0.29) is 17.4 Å². The highest BCUT2D eigenvalue weighted by molar-refractivity contribution is 4.94. The van der Waals surface area contributed by atoms with Gasteiger partial charge in [-0.05, 0) is 24.2 Å². The lowest BCUT2D eigenvalue weighted by Gasteiger charge is -2.28. The van der Waals surface area contributed by atoms with Crippen molar-refractivity contribution in [2.75, 3.05) is 19.6 Å². The van der Waals surface area contributed by atoms with Crippen LogP contribution in [-0.2, 0) is 0 Å². The van der Waals surface area contributed by atoms with Gasteiger partial charge in [0, 0.05) is 19.6 Å². The number of rotatable bonds is 2. The van der Waals surface area contributed by atoms with Gasteiger partial charge in [-0.15, -0.1) is 0 Å². The standard InChI is InChI=1S/C12H23NO3/c1-12(2)4-3-8(11(12)16)5-13-6-9(14)10(15)7-13/h8-11,14-16H,3-7H2,1-2H3. The van der Waals surface area contributed by atoms with Crippen molar-refractivity contribution in [3.05, 3.63) is 0 Å². The van der Waals surface area contributed by atoms with Crippen LogP contribution in [0.25, 0.3) is 0 Å². The van der Waals surface area contributed by atoms with Gasteiger partial charge < -0.3 is 15.3 Å². The Hall–Kier alpha value is -0.160. The lowest BCUT2D eigenvalue weighted by atomic mass is 9.87. The van der Waals surface area contributed by atoms with Crippen LogP contribution in [0.3, 0.4) is 0 Å². The maximum absolute atomic E-state index is 10.2. The van der Waals surface area contributed by atoms with E-state index in [1.807, 2.05) is 0 Å². The predicted molar refractivity (Wildman–Crippen MR) is 61.0 cm³/mol. The Kier molecular flexibility index (Phi) is 3.27. The molecule has 16 heavy (non-hydrogen) atoms. The molecule has 1 aliphatic carbocycles. The summed E-state index contributed by atoms with van der Waals surface area (Å²) in [6.07, 6.45) is 0.592. The molecule has 0 amide bonds. The molecule has 3 N–H and O–H groups in total. The van der Waals surface area contributed by atoms with Crippen molar-refractivity contribution in [3.8, 4) is 0 Å². The minimum Gasteiger partial charge on any atom is -0.392 e. The number of aliphatic hydroxyl groups excluding tert-OH is 3. The van der Waals surface area contributed by atoms with Crippen LogP contribution in [0.2, 0.25) is 0 Å².